The lowest BCUT2D eigenvalue weighted by atomic mass is 9.69. The van der Waals surface area contributed by atoms with Crippen LogP contribution in [0.2, 0.25) is 0 Å². The topological polar surface area (TPSA) is 59.1 Å². The Balaban J connectivity index is 1.46. The van der Waals surface area contributed by atoms with E-state index in [1.165, 1.54) is 4.90 Å². The summed E-state index contributed by atoms with van der Waals surface area (Å²) in [5.41, 5.74) is 0.906. The third-order valence-electron chi connectivity index (χ3n) is 7.53. The average Bonchev–Trinajstić information content (AvgIpc) is 2.90. The van der Waals surface area contributed by atoms with E-state index in [1.807, 2.05) is 24.3 Å². The predicted molar refractivity (Wildman–Crippen MR) is 137 cm³/mol. The lowest BCUT2D eigenvalue weighted by molar-refractivity contribution is -0.216. The zero-order valence-corrected chi connectivity index (χ0v) is 21.9. The van der Waals surface area contributed by atoms with Crippen LogP contribution in [0.15, 0.2) is 54.6 Å². The molecule has 0 bridgehead atoms. The van der Waals surface area contributed by atoms with Crippen molar-refractivity contribution in [1.82, 2.24) is 9.80 Å². The van der Waals surface area contributed by atoms with E-state index < -0.39 is 23.7 Å². The number of carbonyl (C=O) groups excluding carboxylic acids is 2. The van der Waals surface area contributed by atoms with Gasteiger partial charge in [-0.3, -0.25) is 9.69 Å². The van der Waals surface area contributed by atoms with Crippen LogP contribution in [-0.4, -0.2) is 66.7 Å². The number of nitrogens with zero attached hydrogens (tertiary/aromatic N) is 2. The fourth-order valence-corrected chi connectivity index (χ4v) is 5.31. The standard InChI is InChI=1S/C29H35F3N2O4/c1-21(2)20-37-24-11-7-6-10-23(24)18-33-15-12-28(13-16-33)14-17-34(26(35)22-8-4-3-5-9-22)19-25(28)38-27(36)29(30,31)32/h3-11,21,25H,12-20H2,1-2H3. The second-order valence-corrected chi connectivity index (χ2v) is 10.7. The molecular formula is C29H35F3N2O4. The van der Waals surface area contributed by atoms with Gasteiger partial charge in [-0.2, -0.15) is 13.2 Å². The van der Waals surface area contributed by atoms with Crippen LogP contribution in [0.5, 0.6) is 5.75 Å². The number of benzene rings is 2. The Kier molecular flexibility index (Phi) is 8.65. The van der Waals surface area contributed by atoms with E-state index in [-0.39, 0.29) is 12.5 Å². The molecule has 0 aromatic heterocycles. The first-order valence-electron chi connectivity index (χ1n) is 13.1. The van der Waals surface area contributed by atoms with Gasteiger partial charge in [0, 0.05) is 29.6 Å². The Morgan fingerprint density at radius 3 is 2.26 bits per heavy atom. The van der Waals surface area contributed by atoms with Gasteiger partial charge in [-0.15, -0.1) is 0 Å². The molecule has 2 saturated heterocycles. The molecule has 38 heavy (non-hydrogen) atoms. The summed E-state index contributed by atoms with van der Waals surface area (Å²) >= 11 is 0. The molecule has 2 aliphatic heterocycles. The van der Waals surface area contributed by atoms with Crippen LogP contribution in [0.4, 0.5) is 13.2 Å². The number of likely N-dealkylation sites (tertiary alicyclic amines) is 2. The first-order valence-corrected chi connectivity index (χ1v) is 13.1. The summed E-state index contributed by atoms with van der Waals surface area (Å²) in [6.07, 6.45) is -4.49. The van der Waals surface area contributed by atoms with Crippen LogP contribution < -0.4 is 4.74 Å². The summed E-state index contributed by atoms with van der Waals surface area (Å²) in [5, 5.41) is 0. The van der Waals surface area contributed by atoms with Gasteiger partial charge < -0.3 is 14.4 Å². The summed E-state index contributed by atoms with van der Waals surface area (Å²) in [6.45, 7) is 7.10. The third-order valence-corrected chi connectivity index (χ3v) is 7.53. The Bertz CT molecular complexity index is 1100. The quantitative estimate of drug-likeness (QED) is 0.452. The van der Waals surface area contributed by atoms with Gasteiger partial charge in [0.15, 0.2) is 0 Å². The number of halogens is 3. The predicted octanol–water partition coefficient (Wildman–Crippen LogP) is 5.32. The van der Waals surface area contributed by atoms with E-state index in [4.69, 9.17) is 9.47 Å². The lowest BCUT2D eigenvalue weighted by Gasteiger charge is -2.51. The van der Waals surface area contributed by atoms with Crippen molar-refractivity contribution < 1.29 is 32.2 Å². The molecule has 0 saturated carbocycles. The summed E-state index contributed by atoms with van der Waals surface area (Å²) in [4.78, 5) is 28.7. The van der Waals surface area contributed by atoms with Gasteiger partial charge in [0.25, 0.3) is 5.91 Å². The minimum Gasteiger partial charge on any atom is -0.493 e. The highest BCUT2D eigenvalue weighted by Gasteiger charge is 2.51. The smallest absolute Gasteiger partial charge is 0.490 e. The van der Waals surface area contributed by atoms with Crippen LogP contribution in [0, 0.1) is 11.3 Å². The molecule has 6 nitrogen and oxygen atoms in total. The highest BCUT2D eigenvalue weighted by Crippen LogP contribution is 2.44. The monoisotopic (exact) mass is 532 g/mol. The second-order valence-electron chi connectivity index (χ2n) is 10.7. The molecule has 1 spiro atoms. The number of hydrogen-bond acceptors (Lipinski definition) is 5. The molecule has 2 aliphatic rings. The van der Waals surface area contributed by atoms with E-state index in [2.05, 4.69) is 18.7 Å². The first-order chi connectivity index (χ1) is 18.1. The van der Waals surface area contributed by atoms with E-state index in [1.54, 1.807) is 30.3 Å². The third kappa shape index (κ3) is 6.67. The Morgan fingerprint density at radius 1 is 0.974 bits per heavy atom. The molecule has 1 amide bonds. The van der Waals surface area contributed by atoms with Gasteiger partial charge in [0.2, 0.25) is 0 Å². The number of carbonyl (C=O) groups is 2. The molecule has 4 rings (SSSR count). The number of ether oxygens (including phenoxy) is 2. The zero-order valence-electron chi connectivity index (χ0n) is 21.9. The van der Waals surface area contributed by atoms with Crippen LogP contribution in [0.25, 0.3) is 0 Å². The number of piperidine rings is 2. The fraction of sp³-hybridized carbons (Fsp3) is 0.517. The van der Waals surface area contributed by atoms with Crippen LogP contribution >= 0.6 is 0 Å². The van der Waals surface area contributed by atoms with Crippen molar-refractivity contribution in [3.8, 4) is 5.75 Å². The van der Waals surface area contributed by atoms with E-state index in [0.29, 0.717) is 63.5 Å². The molecule has 206 valence electrons. The van der Waals surface area contributed by atoms with Crippen molar-refractivity contribution in [1.29, 1.82) is 0 Å². The molecule has 1 atom stereocenters. The highest BCUT2D eigenvalue weighted by atomic mass is 19.4. The maximum atomic E-state index is 13.2. The Labute approximate surface area is 221 Å². The molecule has 9 heteroatoms. The second kappa shape index (κ2) is 11.8. The van der Waals surface area contributed by atoms with Gasteiger partial charge in [-0.25, -0.2) is 4.79 Å². The molecular weight excluding hydrogens is 497 g/mol. The van der Waals surface area contributed by atoms with Crippen LogP contribution in [0.3, 0.4) is 0 Å². The van der Waals surface area contributed by atoms with Crippen molar-refractivity contribution in [3.05, 3.63) is 65.7 Å². The van der Waals surface area contributed by atoms with Gasteiger partial charge in [-0.1, -0.05) is 50.2 Å². The van der Waals surface area contributed by atoms with Crippen molar-refractivity contribution in [2.24, 2.45) is 11.3 Å². The zero-order chi connectivity index (χ0) is 27.3. The maximum absolute atomic E-state index is 13.2. The molecule has 0 N–H and O–H groups in total. The molecule has 1 unspecified atom stereocenters. The van der Waals surface area contributed by atoms with Crippen LogP contribution in [0.1, 0.15) is 49.0 Å². The van der Waals surface area contributed by atoms with Gasteiger partial charge >= 0.3 is 12.1 Å². The SMILES string of the molecule is CC(C)COc1ccccc1CN1CCC2(CC1)CCN(C(=O)c1ccccc1)CC2OC(=O)C(F)(F)F. The van der Waals surface area contributed by atoms with Crippen LogP contribution in [-0.2, 0) is 16.1 Å². The van der Waals surface area contributed by atoms with Crippen molar-refractivity contribution in [2.45, 2.75) is 51.9 Å². The number of rotatable bonds is 7. The van der Waals surface area contributed by atoms with E-state index in [9.17, 15) is 22.8 Å². The molecule has 2 heterocycles. The minimum atomic E-state index is -5.09. The average molecular weight is 533 g/mol. The van der Waals surface area contributed by atoms with Gasteiger partial charge in [0.05, 0.1) is 13.2 Å². The number of hydrogen-bond donors (Lipinski definition) is 0. The molecule has 2 fully saturated rings. The fourth-order valence-electron chi connectivity index (χ4n) is 5.31. The molecule has 0 aliphatic carbocycles. The van der Waals surface area contributed by atoms with Crippen molar-refractivity contribution >= 4 is 11.9 Å². The minimum absolute atomic E-state index is 0.0541. The summed E-state index contributed by atoms with van der Waals surface area (Å²) in [6, 6.07) is 16.5. The summed E-state index contributed by atoms with van der Waals surface area (Å²) in [7, 11) is 0. The maximum Gasteiger partial charge on any atom is 0.490 e. The molecule has 2 aromatic carbocycles. The number of para-hydroxylation sites is 1. The van der Waals surface area contributed by atoms with E-state index in [0.717, 1.165) is 11.3 Å². The molecule has 0 radical (unpaired) electrons. The van der Waals surface area contributed by atoms with Crippen molar-refractivity contribution in [3.63, 3.8) is 0 Å². The number of esters is 1. The number of alkyl halides is 3. The Morgan fingerprint density at radius 2 is 1.61 bits per heavy atom. The Hall–Kier alpha value is -3.07. The normalized spacial score (nSPS) is 19.9. The number of amides is 1. The van der Waals surface area contributed by atoms with E-state index >= 15 is 0 Å². The molecule has 2 aromatic rings. The van der Waals surface area contributed by atoms with Crippen molar-refractivity contribution in [2.75, 3.05) is 32.8 Å². The largest absolute Gasteiger partial charge is 0.493 e. The van der Waals surface area contributed by atoms with Gasteiger partial charge in [0.1, 0.15) is 11.9 Å². The summed E-state index contributed by atoms with van der Waals surface area (Å²) < 4.78 is 50.6. The summed E-state index contributed by atoms with van der Waals surface area (Å²) in [5.74, 6) is -1.24. The first kappa shape index (κ1) is 28.0. The van der Waals surface area contributed by atoms with Gasteiger partial charge in [-0.05, 0) is 56.5 Å². The lowest BCUT2D eigenvalue weighted by Crippen LogP contribution is -2.58. The highest BCUT2D eigenvalue weighted by molar-refractivity contribution is 5.94.